The average molecular weight is 1570 g/mol. The number of aliphatic hydroxyl groups excluding tert-OH is 2. The van der Waals surface area contributed by atoms with Crippen molar-refractivity contribution in [3.63, 3.8) is 0 Å². The first-order valence-corrected chi connectivity index (χ1v) is 26.8. The van der Waals surface area contributed by atoms with Gasteiger partial charge in [-0.25, -0.2) is 18.4 Å². The number of hydrogen-bond donors (Lipinski definition) is 2. The summed E-state index contributed by atoms with van der Waals surface area (Å²) in [6.45, 7) is -3.71. The molecule has 22 heteroatoms. The van der Waals surface area contributed by atoms with Crippen molar-refractivity contribution in [1.82, 2.24) is 29.9 Å². The van der Waals surface area contributed by atoms with E-state index in [1.807, 2.05) is 48.5 Å². The number of fused-ring (bicyclic) bond motifs is 6. The van der Waals surface area contributed by atoms with Crippen LogP contribution in [0.4, 0.5) is 0 Å². The Morgan fingerprint density at radius 1 is 0.584 bits per heavy atom. The van der Waals surface area contributed by atoms with Gasteiger partial charge in [-0.05, 0) is 125 Å². The number of terminal acetylenes is 1. The monoisotopic (exact) mass is 1570 g/mol. The molecule has 10 radical (unpaired) electrons. The van der Waals surface area contributed by atoms with Gasteiger partial charge in [0.25, 0.3) is 0 Å². The first-order chi connectivity index (χ1) is 49.4. The van der Waals surface area contributed by atoms with Crippen molar-refractivity contribution in [3.8, 4) is 57.4 Å². The van der Waals surface area contributed by atoms with Crippen LogP contribution in [0, 0.1) is 71.8 Å². The maximum absolute atomic E-state index is 9.08. The SMILES string of the molecule is C.C#CC.CO.CO.CS(=O)(=O)[O-].[2H]C([2H])([2H])c1cnc(-c2[c-]cccc2)cc1C.[2H]C([2H])([2H])c1cnc(-c2[c-]cccc2)cc1C.[2H]c1nc(-c2[c-]ccc3c2oc2nc(C([2H])([2H])[2H])ccc23)c([2H])c([2H])c1[2H].[2H]c1nc(-c2cccc3c2oc2nc(C([2H])([2H])[2H])ccc23)c([2H])c([2H])c1[2H].[B]B([B])B([B])[B].[Ir].[Ir]. The molecule has 0 unspecified atom stereocenters. The van der Waals surface area contributed by atoms with E-state index in [0.29, 0.717) is 50.1 Å². The Bertz CT molecular complexity index is 4850. The van der Waals surface area contributed by atoms with Crippen molar-refractivity contribution in [2.45, 2.75) is 55.6 Å². The van der Waals surface area contributed by atoms with Gasteiger partial charge >= 0.3 is 0 Å². The van der Waals surface area contributed by atoms with Gasteiger partial charge in [0.05, 0.1) is 32.4 Å². The maximum Gasteiger partial charge on any atom is 0.227 e. The number of aliphatic hydroxyl groups is 2. The Hall–Kier alpha value is -7.54. The topological polar surface area (TPSA) is 201 Å². The van der Waals surface area contributed by atoms with Crippen LogP contribution in [0.3, 0.4) is 0 Å². The molecule has 0 aliphatic heterocycles. The molecule has 8 heterocycles. The van der Waals surface area contributed by atoms with E-state index in [4.69, 9.17) is 90.4 Å². The zero-order valence-electron chi connectivity index (χ0n) is 67.9. The van der Waals surface area contributed by atoms with Gasteiger partial charge in [0.1, 0.15) is 5.58 Å². The second-order valence-electron chi connectivity index (χ2n) is 16.9. The number of rotatable bonds is 5. The molecule has 0 aliphatic rings. The van der Waals surface area contributed by atoms with Crippen LogP contribution < -0.4 is 0 Å². The Balaban J connectivity index is 0.000000680. The van der Waals surface area contributed by atoms with Gasteiger partial charge in [-0.2, -0.15) is 0 Å². The first-order valence-electron chi connectivity index (χ1n) is 34.9. The number of hydrogen-bond acceptors (Lipinski definition) is 13. The van der Waals surface area contributed by atoms with Crippen LogP contribution in [0.2, 0.25) is 0 Å². The van der Waals surface area contributed by atoms with Gasteiger partial charge in [0, 0.05) is 179 Å². The largest absolute Gasteiger partial charge is 0.748 e. The molecule has 0 saturated heterocycles. The summed E-state index contributed by atoms with van der Waals surface area (Å²) in [5, 5.41) is 16.5. The molecule has 89 heavy (non-hydrogen) atoms. The Morgan fingerprint density at radius 2 is 1.03 bits per heavy atom. The molecule has 0 saturated carbocycles. The van der Waals surface area contributed by atoms with Gasteiger partial charge in [0.15, 0.2) is 0 Å². The van der Waals surface area contributed by atoms with Crippen LogP contribution in [0.1, 0.15) is 75.4 Å². The minimum atomic E-state index is -3.92. The Labute approximate surface area is 586 Å². The van der Waals surface area contributed by atoms with Gasteiger partial charge in [0.2, 0.25) is 11.4 Å². The maximum atomic E-state index is 9.08. The van der Waals surface area contributed by atoms with Crippen molar-refractivity contribution in [3.05, 3.63) is 228 Å². The van der Waals surface area contributed by atoms with E-state index in [2.05, 4.69) is 60.4 Å². The molecule has 0 fully saturated rings. The van der Waals surface area contributed by atoms with Crippen LogP contribution in [0.5, 0.6) is 0 Å². The molecule has 0 atom stereocenters. The summed E-state index contributed by atoms with van der Waals surface area (Å²) in [7, 11) is 17.9. The van der Waals surface area contributed by atoms with Crippen LogP contribution in [0.15, 0.2) is 185 Å². The number of furan rings is 2. The molecule has 12 rings (SSSR count). The van der Waals surface area contributed by atoms with Gasteiger partial charge < -0.3 is 38.6 Å². The van der Waals surface area contributed by atoms with Crippen molar-refractivity contribution in [2.75, 3.05) is 20.5 Å². The smallest absolute Gasteiger partial charge is 0.227 e. The van der Waals surface area contributed by atoms with Crippen molar-refractivity contribution < 1.29 is 99.6 Å². The second kappa shape index (κ2) is 40.9. The Kier molecular flexibility index (Phi) is 23.5. The van der Waals surface area contributed by atoms with Crippen LogP contribution in [0.25, 0.3) is 89.2 Å². The molecular weight excluding hydrogens is 1480 g/mol. The van der Waals surface area contributed by atoms with Crippen molar-refractivity contribution >= 4 is 98.0 Å². The fraction of sp³-hybridized carbons (Fsp3) is 0.164. The third-order valence-electron chi connectivity index (χ3n) is 10.7. The summed E-state index contributed by atoms with van der Waals surface area (Å²) in [6.07, 6.45) is 6.05. The number of aryl methyl sites for hydroxylation is 6. The normalized spacial score (nSPS) is 13.4. The van der Waals surface area contributed by atoms with E-state index in [0.717, 1.165) is 47.9 Å². The van der Waals surface area contributed by atoms with E-state index < -0.39 is 80.8 Å². The molecule has 13 nitrogen and oxygen atoms in total. The van der Waals surface area contributed by atoms with Gasteiger partial charge in [-0.3, -0.25) is 4.98 Å². The summed E-state index contributed by atoms with van der Waals surface area (Å²) in [6, 6.07) is 39.9. The van der Waals surface area contributed by atoms with E-state index in [-0.39, 0.29) is 111 Å². The molecule has 12 aromatic rings. The summed E-state index contributed by atoms with van der Waals surface area (Å²) >= 11 is 0. The average Bonchev–Trinajstić information content (AvgIpc) is 1.62. The van der Waals surface area contributed by atoms with Crippen LogP contribution >= 0.6 is 0 Å². The molecule has 8 aromatic heterocycles. The third-order valence-corrected chi connectivity index (χ3v) is 10.7. The molecule has 452 valence electrons. The molecule has 2 N–H and O–H groups in total. The number of pyridine rings is 6. The summed E-state index contributed by atoms with van der Waals surface area (Å²) < 4.78 is 191. The van der Waals surface area contributed by atoms with E-state index in [1.165, 1.54) is 24.5 Å². The molecule has 0 aliphatic carbocycles. The second-order valence-corrected chi connectivity index (χ2v) is 18.4. The number of aromatic nitrogens is 6. The number of benzene rings is 4. The van der Waals surface area contributed by atoms with Gasteiger partial charge in [-0.1, -0.05) is 71.9 Å². The first kappa shape index (κ1) is 51.2. The summed E-state index contributed by atoms with van der Waals surface area (Å²) in [5.74, 6) is 2.25. The molecule has 0 bridgehead atoms. The third kappa shape index (κ3) is 25.1. The van der Waals surface area contributed by atoms with Crippen molar-refractivity contribution in [2.24, 2.45) is 0 Å². The van der Waals surface area contributed by atoms with Crippen molar-refractivity contribution in [1.29, 1.82) is 0 Å². The Morgan fingerprint density at radius 3 is 1.46 bits per heavy atom. The van der Waals surface area contributed by atoms with E-state index in [9.17, 15) is 0 Å². The molecular formula is C67H66B6Ir2N6O7S-4. The van der Waals surface area contributed by atoms with E-state index in [1.54, 1.807) is 75.4 Å². The number of nitrogens with zero attached hydrogens (tertiary/aromatic N) is 6. The van der Waals surface area contributed by atoms with Crippen LogP contribution in [-0.2, 0) is 50.3 Å². The van der Waals surface area contributed by atoms with Crippen LogP contribution in [-0.4, -0.2) is 117 Å². The standard InChI is InChI=1S/C17H12N2O.C17H11N2O.2C13H12N.C3H4.CH4O3S.2CH4O.CH4.B6.2Ir/c2*1-11-8-9-13-12-5-4-6-14(15-7-2-3-10-18-15)16(12)20-17(13)19-11;2*1-10-8-13(14-9-11(10)2)12-6-4-3-5-7-12;1-3-2;1-5(2,3)4;2*1-2;;1-5(2)6(3)4;;/h2-10H,1H3;2-5,7-10H,1H3;2*3-6,8-9H,1-2H3;1H,2H3;1H3,(H,2,3,4);2*2H,1H3;1H4;;;/q;3*-1;;;;;;;;/p-1/i2*1D3,2D,3D,7D,10D;2*2D3;;;;;;;;. The summed E-state index contributed by atoms with van der Waals surface area (Å²) in [4.78, 5) is 24.5. The fourth-order valence-electron chi connectivity index (χ4n) is 6.88. The molecule has 4 aromatic carbocycles. The fourth-order valence-corrected chi connectivity index (χ4v) is 6.88. The van der Waals surface area contributed by atoms with E-state index >= 15 is 0 Å². The minimum absolute atomic E-state index is 0. The summed E-state index contributed by atoms with van der Waals surface area (Å²) in [5.41, 5.74) is 6.69. The zero-order chi connectivity index (χ0) is 80.3. The minimum Gasteiger partial charge on any atom is -0.748 e. The predicted octanol–water partition coefficient (Wildman–Crippen LogP) is 12.2. The quantitative estimate of drug-likeness (QED) is 0.0714. The van der Waals surface area contributed by atoms with Gasteiger partial charge in [-0.15, -0.1) is 102 Å². The predicted molar refractivity (Wildman–Crippen MR) is 361 cm³/mol. The number of para-hydroxylation sites is 1. The molecule has 0 spiro atoms. The zero-order valence-corrected chi connectivity index (χ0v) is 53.5. The molecule has 0 amide bonds.